The van der Waals surface area contributed by atoms with Crippen LogP contribution in [0.3, 0.4) is 0 Å². The molecule has 0 amide bonds. The largest absolute Gasteiger partial charge is 0.516 e. The number of sulfonamides is 1. The summed E-state index contributed by atoms with van der Waals surface area (Å²) in [6.07, 6.45) is 0. The fourth-order valence-electron chi connectivity index (χ4n) is 2.18. The number of alkyl halides is 3. The highest BCUT2D eigenvalue weighted by molar-refractivity contribution is 7.93. The van der Waals surface area contributed by atoms with Crippen LogP contribution in [-0.4, -0.2) is 19.6 Å². The predicted octanol–water partition coefficient (Wildman–Crippen LogP) is 4.07. The molecule has 2 rings (SSSR count). The standard InChI is InChI=1S/C18H16F3N3O3S/c1-12-3-8-17(24-28(25,26)18(19,20)21)16(9-12)13(2)23-27-11-15-6-4-14(10-22)5-7-15/h3-9,24H,11H2,1-2H3/b23-13+. The Morgan fingerprint density at radius 2 is 1.86 bits per heavy atom. The number of rotatable bonds is 6. The van der Waals surface area contributed by atoms with E-state index in [9.17, 15) is 21.6 Å². The van der Waals surface area contributed by atoms with E-state index in [1.54, 1.807) is 31.2 Å². The van der Waals surface area contributed by atoms with Crippen molar-refractivity contribution in [3.8, 4) is 6.07 Å². The lowest BCUT2D eigenvalue weighted by Crippen LogP contribution is -2.30. The normalized spacial score (nSPS) is 12.4. The van der Waals surface area contributed by atoms with Crippen LogP contribution in [0.2, 0.25) is 0 Å². The van der Waals surface area contributed by atoms with E-state index in [4.69, 9.17) is 10.1 Å². The summed E-state index contributed by atoms with van der Waals surface area (Å²) in [5.41, 5.74) is -3.42. The van der Waals surface area contributed by atoms with Crippen molar-refractivity contribution in [1.29, 1.82) is 5.26 Å². The van der Waals surface area contributed by atoms with Gasteiger partial charge in [0.25, 0.3) is 0 Å². The van der Waals surface area contributed by atoms with E-state index in [1.165, 1.54) is 29.8 Å². The molecule has 0 unspecified atom stereocenters. The molecule has 0 atom stereocenters. The third kappa shape index (κ3) is 5.23. The number of benzene rings is 2. The Bertz CT molecular complexity index is 1020. The van der Waals surface area contributed by atoms with Gasteiger partial charge in [0.2, 0.25) is 0 Å². The van der Waals surface area contributed by atoms with Crippen molar-refractivity contribution in [1.82, 2.24) is 0 Å². The second-order valence-electron chi connectivity index (χ2n) is 5.86. The quantitative estimate of drug-likeness (QED) is 0.573. The van der Waals surface area contributed by atoms with E-state index < -0.39 is 15.5 Å². The summed E-state index contributed by atoms with van der Waals surface area (Å²) < 4.78 is 62.3. The van der Waals surface area contributed by atoms with Gasteiger partial charge in [0.1, 0.15) is 6.61 Å². The van der Waals surface area contributed by atoms with Crippen molar-refractivity contribution in [2.75, 3.05) is 4.72 Å². The summed E-state index contributed by atoms with van der Waals surface area (Å²) in [7, 11) is -5.56. The van der Waals surface area contributed by atoms with Crippen molar-refractivity contribution in [3.63, 3.8) is 0 Å². The molecule has 0 aliphatic heterocycles. The van der Waals surface area contributed by atoms with Crippen LogP contribution in [0, 0.1) is 18.3 Å². The van der Waals surface area contributed by atoms with E-state index in [-0.39, 0.29) is 23.6 Å². The number of aryl methyl sites for hydroxylation is 1. The molecule has 0 spiro atoms. The highest BCUT2D eigenvalue weighted by Crippen LogP contribution is 2.28. The number of hydrogen-bond acceptors (Lipinski definition) is 5. The fourth-order valence-corrected chi connectivity index (χ4v) is 2.76. The number of anilines is 1. The number of nitriles is 1. The van der Waals surface area contributed by atoms with Crippen LogP contribution in [0.4, 0.5) is 18.9 Å². The highest BCUT2D eigenvalue weighted by Gasteiger charge is 2.46. The minimum absolute atomic E-state index is 0.0679. The molecule has 6 nitrogen and oxygen atoms in total. The summed E-state index contributed by atoms with van der Waals surface area (Å²) in [6, 6.07) is 12.8. The average Bonchev–Trinajstić information content (AvgIpc) is 2.62. The molecule has 0 saturated heterocycles. The zero-order valence-corrected chi connectivity index (χ0v) is 15.7. The van der Waals surface area contributed by atoms with Crippen molar-refractivity contribution in [3.05, 3.63) is 64.7 Å². The number of nitrogens with zero attached hydrogens (tertiary/aromatic N) is 2. The van der Waals surface area contributed by atoms with Gasteiger partial charge in [0.15, 0.2) is 0 Å². The Labute approximate surface area is 160 Å². The Balaban J connectivity index is 2.21. The van der Waals surface area contributed by atoms with Gasteiger partial charge >= 0.3 is 15.5 Å². The molecular weight excluding hydrogens is 395 g/mol. The molecule has 0 saturated carbocycles. The van der Waals surface area contributed by atoms with Gasteiger partial charge in [-0.2, -0.15) is 26.9 Å². The zero-order chi connectivity index (χ0) is 20.9. The molecule has 0 radical (unpaired) electrons. The molecule has 0 heterocycles. The maximum Gasteiger partial charge on any atom is 0.516 e. The lowest BCUT2D eigenvalue weighted by Gasteiger charge is -2.14. The topological polar surface area (TPSA) is 91.5 Å². The minimum Gasteiger partial charge on any atom is -0.391 e. The van der Waals surface area contributed by atoms with E-state index in [1.807, 2.05) is 6.07 Å². The molecular formula is C18H16F3N3O3S. The van der Waals surface area contributed by atoms with Crippen molar-refractivity contribution < 1.29 is 26.4 Å². The second-order valence-corrected chi connectivity index (χ2v) is 7.53. The van der Waals surface area contributed by atoms with E-state index in [2.05, 4.69) is 5.16 Å². The highest BCUT2D eigenvalue weighted by atomic mass is 32.2. The van der Waals surface area contributed by atoms with Gasteiger partial charge in [0.05, 0.1) is 23.0 Å². The molecule has 10 heteroatoms. The van der Waals surface area contributed by atoms with Gasteiger partial charge in [-0.1, -0.05) is 28.9 Å². The van der Waals surface area contributed by atoms with Crippen molar-refractivity contribution in [2.24, 2.45) is 5.16 Å². The summed E-state index contributed by atoms with van der Waals surface area (Å²) >= 11 is 0. The molecule has 2 aromatic carbocycles. The van der Waals surface area contributed by atoms with Crippen LogP contribution in [0.15, 0.2) is 47.6 Å². The third-order valence-electron chi connectivity index (χ3n) is 3.63. The average molecular weight is 411 g/mol. The molecule has 148 valence electrons. The first kappa shape index (κ1) is 21.2. The van der Waals surface area contributed by atoms with Crippen LogP contribution in [0.5, 0.6) is 0 Å². The summed E-state index contributed by atoms with van der Waals surface area (Å²) in [5, 5.41) is 12.6. The van der Waals surface area contributed by atoms with E-state index >= 15 is 0 Å². The van der Waals surface area contributed by atoms with Gasteiger partial charge in [0, 0.05) is 5.56 Å². The van der Waals surface area contributed by atoms with Crippen LogP contribution >= 0.6 is 0 Å². The summed E-state index contributed by atoms with van der Waals surface area (Å²) in [5.74, 6) is 0. The number of oxime groups is 1. The first-order valence-corrected chi connectivity index (χ1v) is 9.37. The lowest BCUT2D eigenvalue weighted by molar-refractivity contribution is -0.0429. The molecule has 0 fully saturated rings. The van der Waals surface area contributed by atoms with Gasteiger partial charge < -0.3 is 4.84 Å². The predicted molar refractivity (Wildman–Crippen MR) is 97.9 cm³/mol. The maximum atomic E-state index is 12.7. The number of nitrogens with one attached hydrogen (secondary N) is 1. The van der Waals surface area contributed by atoms with E-state index in [0.29, 0.717) is 11.1 Å². The maximum absolute atomic E-state index is 12.7. The van der Waals surface area contributed by atoms with Crippen molar-refractivity contribution >= 4 is 21.4 Å². The van der Waals surface area contributed by atoms with Crippen LogP contribution in [-0.2, 0) is 21.5 Å². The summed E-state index contributed by atoms with van der Waals surface area (Å²) in [6.45, 7) is 3.26. The first-order chi connectivity index (χ1) is 13.0. The SMILES string of the molecule is C/C(=N\OCc1ccc(C#N)cc1)c1cc(C)ccc1NS(=O)(=O)C(F)(F)F. The molecule has 28 heavy (non-hydrogen) atoms. The molecule has 0 bridgehead atoms. The monoisotopic (exact) mass is 411 g/mol. The Hall–Kier alpha value is -3.06. The van der Waals surface area contributed by atoms with Crippen LogP contribution < -0.4 is 4.72 Å². The van der Waals surface area contributed by atoms with Crippen LogP contribution in [0.1, 0.15) is 29.2 Å². The molecule has 1 N–H and O–H groups in total. The second kappa shape index (κ2) is 8.31. The zero-order valence-electron chi connectivity index (χ0n) is 14.9. The fraction of sp³-hybridized carbons (Fsp3) is 0.222. The number of halogens is 3. The number of hydrogen-bond donors (Lipinski definition) is 1. The molecule has 0 aromatic heterocycles. The van der Waals surface area contributed by atoms with Gasteiger partial charge in [-0.15, -0.1) is 0 Å². The van der Waals surface area contributed by atoms with Crippen molar-refractivity contribution in [2.45, 2.75) is 26.0 Å². The minimum atomic E-state index is -5.56. The van der Waals surface area contributed by atoms with Gasteiger partial charge in [-0.25, -0.2) is 0 Å². The third-order valence-corrected chi connectivity index (χ3v) is 4.73. The molecule has 0 aliphatic rings. The van der Waals surface area contributed by atoms with E-state index in [0.717, 1.165) is 5.56 Å². The Kier molecular flexibility index (Phi) is 6.30. The lowest BCUT2D eigenvalue weighted by atomic mass is 10.1. The molecule has 0 aliphatic carbocycles. The Morgan fingerprint density at radius 3 is 2.43 bits per heavy atom. The van der Waals surface area contributed by atoms with Gasteiger partial charge in [-0.3, -0.25) is 4.72 Å². The Morgan fingerprint density at radius 1 is 1.21 bits per heavy atom. The molecule has 2 aromatic rings. The smallest absolute Gasteiger partial charge is 0.391 e. The first-order valence-electron chi connectivity index (χ1n) is 7.89. The van der Waals surface area contributed by atoms with Crippen LogP contribution in [0.25, 0.3) is 0 Å². The summed E-state index contributed by atoms with van der Waals surface area (Å²) in [4.78, 5) is 5.21. The van der Waals surface area contributed by atoms with Gasteiger partial charge in [-0.05, 0) is 43.7 Å².